The molecule has 0 heterocycles. The Morgan fingerprint density at radius 1 is 0.902 bits per heavy atom. The summed E-state index contributed by atoms with van der Waals surface area (Å²) in [4.78, 5) is 28.3. The minimum absolute atomic E-state index is 0.00725. The van der Waals surface area contributed by atoms with Crippen molar-refractivity contribution in [3.8, 4) is 0 Å². The molecular weight excluding hydrogens is 555 g/mol. The molecule has 0 aromatic heterocycles. The Labute approximate surface area is 239 Å². The topological polar surface area (TPSA) is 86.8 Å². The average Bonchev–Trinajstić information content (AvgIpc) is 2.94. The SMILES string of the molecule is CCCNC(=O)C(Cc1ccccc1)N(Cc1ccccc1F)C(=O)CCCN(c1ccc(F)c(F)c1)S(C)(=O)=O. The fourth-order valence-electron chi connectivity index (χ4n) is 4.37. The maximum absolute atomic E-state index is 14.7. The summed E-state index contributed by atoms with van der Waals surface area (Å²) in [5.41, 5.74) is 0.946. The van der Waals surface area contributed by atoms with Crippen LogP contribution in [0.25, 0.3) is 0 Å². The maximum atomic E-state index is 14.7. The lowest BCUT2D eigenvalue weighted by Crippen LogP contribution is -2.50. The first kappa shape index (κ1) is 31.7. The molecule has 0 fully saturated rings. The van der Waals surface area contributed by atoms with Crippen LogP contribution in [0.3, 0.4) is 0 Å². The molecule has 41 heavy (non-hydrogen) atoms. The van der Waals surface area contributed by atoms with Gasteiger partial charge in [0.05, 0.1) is 11.9 Å². The molecule has 0 aliphatic heterocycles. The van der Waals surface area contributed by atoms with E-state index < -0.39 is 39.4 Å². The molecule has 0 aliphatic rings. The zero-order chi connectivity index (χ0) is 30.0. The minimum Gasteiger partial charge on any atom is -0.354 e. The monoisotopic (exact) mass is 589 g/mol. The van der Waals surface area contributed by atoms with E-state index in [1.54, 1.807) is 6.07 Å². The number of nitrogens with zero attached hydrogens (tertiary/aromatic N) is 2. The van der Waals surface area contributed by atoms with Crippen molar-refractivity contribution in [2.24, 2.45) is 0 Å². The molecule has 0 spiro atoms. The quantitative estimate of drug-likeness (QED) is 0.292. The van der Waals surface area contributed by atoms with Crippen molar-refractivity contribution >= 4 is 27.5 Å². The first-order valence-corrected chi connectivity index (χ1v) is 15.1. The molecule has 0 saturated carbocycles. The highest BCUT2D eigenvalue weighted by molar-refractivity contribution is 7.92. The normalized spacial score (nSPS) is 12.0. The third kappa shape index (κ3) is 9.07. The van der Waals surface area contributed by atoms with Crippen LogP contribution in [-0.2, 0) is 32.6 Å². The highest BCUT2D eigenvalue weighted by atomic mass is 32.2. The number of nitrogens with one attached hydrogen (secondary N) is 1. The summed E-state index contributed by atoms with van der Waals surface area (Å²) in [5.74, 6) is -3.73. The maximum Gasteiger partial charge on any atom is 0.243 e. The van der Waals surface area contributed by atoms with E-state index in [0.717, 1.165) is 34.3 Å². The van der Waals surface area contributed by atoms with Gasteiger partial charge in [0.1, 0.15) is 11.9 Å². The molecule has 1 atom stereocenters. The molecule has 0 radical (unpaired) electrons. The van der Waals surface area contributed by atoms with Gasteiger partial charge in [0.25, 0.3) is 0 Å². The van der Waals surface area contributed by atoms with Crippen molar-refractivity contribution < 1.29 is 31.2 Å². The molecule has 0 saturated heterocycles. The van der Waals surface area contributed by atoms with Gasteiger partial charge in [-0.2, -0.15) is 0 Å². The number of rotatable bonds is 14. The highest BCUT2D eigenvalue weighted by Gasteiger charge is 2.31. The number of anilines is 1. The van der Waals surface area contributed by atoms with Crippen molar-refractivity contribution in [1.29, 1.82) is 0 Å². The van der Waals surface area contributed by atoms with Gasteiger partial charge in [-0.15, -0.1) is 0 Å². The summed E-state index contributed by atoms with van der Waals surface area (Å²) in [5, 5.41) is 2.83. The molecule has 3 rings (SSSR count). The molecule has 1 unspecified atom stereocenters. The number of hydrogen-bond acceptors (Lipinski definition) is 4. The molecule has 2 amide bonds. The first-order chi connectivity index (χ1) is 19.5. The van der Waals surface area contributed by atoms with Gasteiger partial charge in [-0.3, -0.25) is 13.9 Å². The second-order valence-electron chi connectivity index (χ2n) is 9.65. The molecule has 7 nitrogen and oxygen atoms in total. The lowest BCUT2D eigenvalue weighted by Gasteiger charge is -2.32. The zero-order valence-electron chi connectivity index (χ0n) is 23.0. The molecule has 220 valence electrons. The van der Waals surface area contributed by atoms with Gasteiger partial charge >= 0.3 is 0 Å². The van der Waals surface area contributed by atoms with E-state index >= 15 is 0 Å². The number of benzene rings is 3. The Morgan fingerprint density at radius 3 is 2.22 bits per heavy atom. The van der Waals surface area contributed by atoms with Gasteiger partial charge in [0.2, 0.25) is 21.8 Å². The number of carbonyl (C=O) groups is 2. The van der Waals surface area contributed by atoms with Crippen LogP contribution in [0.2, 0.25) is 0 Å². The van der Waals surface area contributed by atoms with Crippen molar-refractivity contribution in [3.63, 3.8) is 0 Å². The molecular formula is C30H34F3N3O4S. The van der Waals surface area contributed by atoms with Crippen LogP contribution >= 0.6 is 0 Å². The molecule has 3 aromatic carbocycles. The van der Waals surface area contributed by atoms with Gasteiger partial charge in [0.15, 0.2) is 11.6 Å². The zero-order valence-corrected chi connectivity index (χ0v) is 23.8. The van der Waals surface area contributed by atoms with Crippen LogP contribution in [0, 0.1) is 17.5 Å². The lowest BCUT2D eigenvalue weighted by molar-refractivity contribution is -0.141. The van der Waals surface area contributed by atoms with Crippen LogP contribution in [-0.4, -0.2) is 50.5 Å². The minimum atomic E-state index is -3.90. The lowest BCUT2D eigenvalue weighted by atomic mass is 10.0. The number of carbonyl (C=O) groups excluding carboxylic acids is 2. The first-order valence-electron chi connectivity index (χ1n) is 13.3. The van der Waals surface area contributed by atoms with E-state index in [9.17, 15) is 31.2 Å². The van der Waals surface area contributed by atoms with Crippen LogP contribution in [0.15, 0.2) is 72.8 Å². The van der Waals surface area contributed by atoms with Gasteiger partial charge in [-0.05, 0) is 36.6 Å². The summed E-state index contributed by atoms with van der Waals surface area (Å²) in [7, 11) is -3.90. The summed E-state index contributed by atoms with van der Waals surface area (Å²) < 4.78 is 67.7. The van der Waals surface area contributed by atoms with Crippen molar-refractivity contribution in [2.75, 3.05) is 23.7 Å². The molecule has 1 N–H and O–H groups in total. The van der Waals surface area contributed by atoms with Gasteiger partial charge in [-0.25, -0.2) is 21.6 Å². The molecule has 0 aliphatic carbocycles. The second-order valence-corrected chi connectivity index (χ2v) is 11.6. The fourth-order valence-corrected chi connectivity index (χ4v) is 5.33. The Bertz CT molecular complexity index is 1440. The van der Waals surface area contributed by atoms with E-state index in [4.69, 9.17) is 0 Å². The van der Waals surface area contributed by atoms with Crippen LogP contribution in [0.1, 0.15) is 37.3 Å². The van der Waals surface area contributed by atoms with E-state index in [1.807, 2.05) is 37.3 Å². The third-order valence-electron chi connectivity index (χ3n) is 6.46. The van der Waals surface area contributed by atoms with Crippen LogP contribution < -0.4 is 9.62 Å². The average molecular weight is 590 g/mol. The van der Waals surface area contributed by atoms with Crippen molar-refractivity contribution in [1.82, 2.24) is 10.2 Å². The van der Waals surface area contributed by atoms with E-state index in [-0.39, 0.29) is 49.5 Å². The predicted molar refractivity (Wildman–Crippen MR) is 152 cm³/mol. The summed E-state index contributed by atoms with van der Waals surface area (Å²) in [6.07, 6.45) is 1.61. The predicted octanol–water partition coefficient (Wildman–Crippen LogP) is 4.82. The molecule has 3 aromatic rings. The Morgan fingerprint density at radius 2 is 1.59 bits per heavy atom. The van der Waals surface area contributed by atoms with E-state index in [1.165, 1.54) is 23.1 Å². The number of sulfonamides is 1. The number of amides is 2. The fraction of sp³-hybridized carbons (Fsp3) is 0.333. The van der Waals surface area contributed by atoms with Crippen LogP contribution in [0.5, 0.6) is 0 Å². The van der Waals surface area contributed by atoms with Crippen molar-refractivity contribution in [3.05, 3.63) is 101 Å². The van der Waals surface area contributed by atoms with E-state index in [2.05, 4.69) is 5.32 Å². The summed E-state index contributed by atoms with van der Waals surface area (Å²) >= 11 is 0. The van der Waals surface area contributed by atoms with Gasteiger partial charge in [0, 0.05) is 44.1 Å². The van der Waals surface area contributed by atoms with E-state index in [0.29, 0.717) is 13.0 Å². The van der Waals surface area contributed by atoms with Gasteiger partial charge in [-0.1, -0.05) is 55.5 Å². The highest BCUT2D eigenvalue weighted by Crippen LogP contribution is 2.22. The smallest absolute Gasteiger partial charge is 0.243 e. The van der Waals surface area contributed by atoms with Crippen LogP contribution in [0.4, 0.5) is 18.9 Å². The molecule has 0 bridgehead atoms. The Balaban J connectivity index is 1.88. The summed E-state index contributed by atoms with van der Waals surface area (Å²) in [6.45, 7) is 1.91. The Hall–Kier alpha value is -3.86. The summed E-state index contributed by atoms with van der Waals surface area (Å²) in [6, 6.07) is 16.9. The van der Waals surface area contributed by atoms with Crippen molar-refractivity contribution in [2.45, 2.75) is 45.2 Å². The number of hydrogen-bond donors (Lipinski definition) is 1. The largest absolute Gasteiger partial charge is 0.354 e. The molecule has 11 heteroatoms. The number of halogens is 3. The second kappa shape index (κ2) is 14.7. The van der Waals surface area contributed by atoms with Gasteiger partial charge < -0.3 is 10.2 Å². The standard InChI is InChI=1S/C30H34F3N3O4S/c1-3-17-34-30(38)28(19-22-10-5-4-6-11-22)35(21-23-12-7-8-13-25(23)31)29(37)14-9-18-36(41(2,39)40)24-15-16-26(32)27(33)20-24/h4-8,10-13,15-16,20,28H,3,9,14,17-19,21H2,1-2H3,(H,34,38). The Kier molecular flexibility index (Phi) is 11.3. The third-order valence-corrected chi connectivity index (χ3v) is 7.66.